The number of nitriles is 1. The molecule has 2 N–H and O–H groups in total. The third kappa shape index (κ3) is 5.02. The van der Waals surface area contributed by atoms with Crippen LogP contribution in [0.15, 0.2) is 30.5 Å². The number of nitrogens with one attached hydrogen (secondary N) is 2. The van der Waals surface area contributed by atoms with E-state index in [9.17, 15) is 10.1 Å². The number of fused-ring (bicyclic) bond motifs is 1. The molecule has 4 rings (SSSR count). The van der Waals surface area contributed by atoms with Crippen molar-refractivity contribution >= 4 is 5.91 Å². The molecule has 156 valence electrons. The summed E-state index contributed by atoms with van der Waals surface area (Å²) in [6.45, 7) is 1.86. The van der Waals surface area contributed by atoms with Gasteiger partial charge in [-0.15, -0.1) is 0 Å². The van der Waals surface area contributed by atoms with Crippen molar-refractivity contribution in [3.8, 4) is 17.3 Å². The maximum atomic E-state index is 12.4. The molecule has 2 heterocycles. The summed E-state index contributed by atoms with van der Waals surface area (Å²) in [5, 5.41) is 15.5. The molecular weight excluding hydrogens is 378 g/mol. The molecule has 1 aliphatic heterocycles. The van der Waals surface area contributed by atoms with Crippen LogP contribution in [0.4, 0.5) is 0 Å². The topological polar surface area (TPSA) is 99.9 Å². The molecule has 0 radical (unpaired) electrons. The fourth-order valence-electron chi connectivity index (χ4n) is 3.91. The lowest BCUT2D eigenvalue weighted by molar-refractivity contribution is -0.132. The highest BCUT2D eigenvalue weighted by atomic mass is 16.5. The SMILES string of the molecule is N#C[C@H](Cc1ccc(-c2cnc3c(n2)CCCC3)cc1)NC(=O)[C@@H]1CNCCCO1. The molecule has 2 aliphatic rings. The number of rotatable bonds is 5. The zero-order chi connectivity index (χ0) is 20.8. The standard InChI is InChI=1S/C23H27N5O2/c24-13-18(27-23(29)22-15-25-10-3-11-30-22)12-16-6-8-17(9-7-16)21-14-26-19-4-1-2-5-20(19)28-21/h6-9,14,18,22,25H,1-5,10-12,15H2,(H,27,29)/t18-,22-/m0/s1. The largest absolute Gasteiger partial charge is 0.367 e. The number of carbonyl (C=O) groups is 1. The third-order valence-electron chi connectivity index (χ3n) is 5.61. The van der Waals surface area contributed by atoms with E-state index < -0.39 is 12.1 Å². The fraction of sp³-hybridized carbons (Fsp3) is 0.478. The predicted molar refractivity (Wildman–Crippen MR) is 113 cm³/mol. The van der Waals surface area contributed by atoms with Crippen molar-refractivity contribution in [3.63, 3.8) is 0 Å². The Hall–Kier alpha value is -2.82. The Morgan fingerprint density at radius 1 is 1.23 bits per heavy atom. The maximum absolute atomic E-state index is 12.4. The van der Waals surface area contributed by atoms with Gasteiger partial charge in [0, 0.05) is 25.1 Å². The summed E-state index contributed by atoms with van der Waals surface area (Å²) in [5.41, 5.74) is 5.12. The highest BCUT2D eigenvalue weighted by molar-refractivity contribution is 5.81. The Morgan fingerprint density at radius 2 is 2.03 bits per heavy atom. The van der Waals surface area contributed by atoms with Gasteiger partial charge in [0.2, 0.25) is 0 Å². The normalized spacial score (nSPS) is 19.8. The highest BCUT2D eigenvalue weighted by Gasteiger charge is 2.23. The van der Waals surface area contributed by atoms with Crippen LogP contribution in [0.5, 0.6) is 0 Å². The Kier molecular flexibility index (Phi) is 6.67. The minimum absolute atomic E-state index is 0.239. The first-order chi connectivity index (χ1) is 14.7. The van der Waals surface area contributed by atoms with Crippen molar-refractivity contribution in [2.45, 2.75) is 50.7 Å². The predicted octanol–water partition coefficient (Wildman–Crippen LogP) is 1.95. The van der Waals surface area contributed by atoms with Gasteiger partial charge in [-0.3, -0.25) is 9.78 Å². The molecule has 1 aliphatic carbocycles. The molecular formula is C23H27N5O2. The average Bonchev–Trinajstić information content (AvgIpc) is 3.08. The number of ether oxygens (including phenoxy) is 1. The summed E-state index contributed by atoms with van der Waals surface area (Å²) >= 11 is 0. The van der Waals surface area contributed by atoms with Crippen LogP contribution in [0.1, 0.15) is 36.2 Å². The number of aryl methyl sites for hydroxylation is 2. The van der Waals surface area contributed by atoms with Gasteiger partial charge in [0.25, 0.3) is 5.91 Å². The smallest absolute Gasteiger partial charge is 0.251 e. The Morgan fingerprint density at radius 3 is 2.83 bits per heavy atom. The van der Waals surface area contributed by atoms with Gasteiger partial charge >= 0.3 is 0 Å². The fourth-order valence-corrected chi connectivity index (χ4v) is 3.91. The Labute approximate surface area is 176 Å². The molecule has 1 amide bonds. The number of hydrogen-bond acceptors (Lipinski definition) is 6. The van der Waals surface area contributed by atoms with E-state index in [1.54, 1.807) is 0 Å². The number of carbonyl (C=O) groups excluding carboxylic acids is 1. The van der Waals surface area contributed by atoms with Gasteiger partial charge in [0.15, 0.2) is 0 Å². The van der Waals surface area contributed by atoms with Gasteiger partial charge in [-0.2, -0.15) is 5.26 Å². The molecule has 2 atom stereocenters. The number of benzene rings is 1. The van der Waals surface area contributed by atoms with E-state index in [0.29, 0.717) is 19.6 Å². The molecule has 1 aromatic carbocycles. The van der Waals surface area contributed by atoms with Crippen LogP contribution in [0, 0.1) is 11.3 Å². The molecule has 30 heavy (non-hydrogen) atoms. The molecule has 1 saturated heterocycles. The van der Waals surface area contributed by atoms with Crippen LogP contribution in [0.25, 0.3) is 11.3 Å². The molecule has 2 aromatic rings. The third-order valence-corrected chi connectivity index (χ3v) is 5.61. The van der Waals surface area contributed by atoms with Gasteiger partial charge in [0.05, 0.1) is 29.3 Å². The lowest BCUT2D eigenvalue weighted by Gasteiger charge is -2.18. The first-order valence-corrected chi connectivity index (χ1v) is 10.7. The second kappa shape index (κ2) is 9.79. The molecule has 7 heteroatoms. The molecule has 7 nitrogen and oxygen atoms in total. The van der Waals surface area contributed by atoms with Crippen molar-refractivity contribution in [2.24, 2.45) is 0 Å². The van der Waals surface area contributed by atoms with Crippen molar-refractivity contribution in [1.29, 1.82) is 5.26 Å². The van der Waals surface area contributed by atoms with E-state index >= 15 is 0 Å². The van der Waals surface area contributed by atoms with Crippen molar-refractivity contribution < 1.29 is 9.53 Å². The lowest BCUT2D eigenvalue weighted by Crippen LogP contribution is -2.46. The molecule has 1 fully saturated rings. The van der Waals surface area contributed by atoms with Crippen LogP contribution in [-0.4, -0.2) is 47.7 Å². The minimum atomic E-state index is -0.598. The molecule has 0 bridgehead atoms. The second-order valence-electron chi connectivity index (χ2n) is 7.86. The second-order valence-corrected chi connectivity index (χ2v) is 7.86. The van der Waals surface area contributed by atoms with Crippen LogP contribution >= 0.6 is 0 Å². The molecule has 0 spiro atoms. The number of hydrogen-bond donors (Lipinski definition) is 2. The summed E-state index contributed by atoms with van der Waals surface area (Å²) in [7, 11) is 0. The summed E-state index contributed by atoms with van der Waals surface area (Å²) in [6, 6.07) is 9.56. The van der Waals surface area contributed by atoms with E-state index in [2.05, 4.69) is 21.7 Å². The monoisotopic (exact) mass is 405 g/mol. The van der Waals surface area contributed by atoms with Gasteiger partial charge < -0.3 is 15.4 Å². The Balaban J connectivity index is 1.38. The molecule has 1 aromatic heterocycles. The average molecular weight is 406 g/mol. The van der Waals surface area contributed by atoms with Crippen molar-refractivity contribution in [2.75, 3.05) is 19.7 Å². The van der Waals surface area contributed by atoms with Crippen LogP contribution in [-0.2, 0) is 28.8 Å². The summed E-state index contributed by atoms with van der Waals surface area (Å²) in [5.74, 6) is -0.239. The zero-order valence-corrected chi connectivity index (χ0v) is 17.1. The van der Waals surface area contributed by atoms with E-state index in [-0.39, 0.29) is 5.91 Å². The van der Waals surface area contributed by atoms with Crippen LogP contribution < -0.4 is 10.6 Å². The number of aromatic nitrogens is 2. The minimum Gasteiger partial charge on any atom is -0.367 e. The number of nitrogens with zero attached hydrogens (tertiary/aromatic N) is 3. The van der Waals surface area contributed by atoms with Crippen LogP contribution in [0.2, 0.25) is 0 Å². The molecule has 0 saturated carbocycles. The number of amides is 1. The van der Waals surface area contributed by atoms with E-state index in [4.69, 9.17) is 9.72 Å². The zero-order valence-electron chi connectivity index (χ0n) is 17.1. The first kappa shape index (κ1) is 20.5. The first-order valence-electron chi connectivity index (χ1n) is 10.7. The Bertz CT molecular complexity index is 914. The highest BCUT2D eigenvalue weighted by Crippen LogP contribution is 2.23. The van der Waals surface area contributed by atoms with Crippen molar-refractivity contribution in [1.82, 2.24) is 20.6 Å². The van der Waals surface area contributed by atoms with Crippen molar-refractivity contribution in [3.05, 3.63) is 47.4 Å². The van der Waals surface area contributed by atoms with Gasteiger partial charge in [0.1, 0.15) is 12.1 Å². The maximum Gasteiger partial charge on any atom is 0.251 e. The van der Waals surface area contributed by atoms with E-state index in [0.717, 1.165) is 54.0 Å². The lowest BCUT2D eigenvalue weighted by atomic mass is 9.99. The molecule has 0 unspecified atom stereocenters. The van der Waals surface area contributed by atoms with Gasteiger partial charge in [-0.1, -0.05) is 24.3 Å². The summed E-state index contributed by atoms with van der Waals surface area (Å²) < 4.78 is 5.57. The van der Waals surface area contributed by atoms with Gasteiger partial charge in [-0.05, 0) is 44.2 Å². The van der Waals surface area contributed by atoms with E-state index in [1.165, 1.54) is 12.8 Å². The quantitative estimate of drug-likeness (QED) is 0.789. The summed E-state index contributed by atoms with van der Waals surface area (Å²) in [4.78, 5) is 21.8. The summed E-state index contributed by atoms with van der Waals surface area (Å²) in [6.07, 6.45) is 7.00. The van der Waals surface area contributed by atoms with Crippen LogP contribution in [0.3, 0.4) is 0 Å². The van der Waals surface area contributed by atoms with Gasteiger partial charge in [-0.25, -0.2) is 4.98 Å². The van der Waals surface area contributed by atoms with E-state index in [1.807, 2.05) is 30.5 Å².